The van der Waals surface area contributed by atoms with Crippen molar-refractivity contribution in [3.05, 3.63) is 23.9 Å². The zero-order valence-corrected chi connectivity index (χ0v) is 11.3. The number of alkyl halides is 1. The van der Waals surface area contributed by atoms with E-state index in [1.165, 1.54) is 12.8 Å². The number of halogens is 1. The first-order valence-corrected chi connectivity index (χ1v) is 6.66. The average Bonchev–Trinajstić information content (AvgIpc) is 2.76. The summed E-state index contributed by atoms with van der Waals surface area (Å²) in [6.45, 7) is 2.20. The van der Waals surface area contributed by atoms with Gasteiger partial charge in [-0.1, -0.05) is 0 Å². The van der Waals surface area contributed by atoms with Crippen molar-refractivity contribution in [2.24, 2.45) is 0 Å². The number of hydrogen-bond acceptors (Lipinski definition) is 3. The van der Waals surface area contributed by atoms with E-state index in [2.05, 4.69) is 34.9 Å². The summed E-state index contributed by atoms with van der Waals surface area (Å²) in [7, 11) is 4.25. The predicted octanol–water partition coefficient (Wildman–Crippen LogP) is 2.35. The topological polar surface area (TPSA) is 19.4 Å². The minimum absolute atomic E-state index is 0.557. The van der Waals surface area contributed by atoms with Crippen LogP contribution >= 0.6 is 11.6 Å². The number of nitrogens with zero attached hydrogens (tertiary/aromatic N) is 3. The molecule has 2 rings (SSSR count). The van der Waals surface area contributed by atoms with Crippen LogP contribution in [0.4, 0.5) is 5.82 Å². The standard InChI is InChI=1S/C13H20ClN3/c1-16(2)10-12-4-3-7-17(12)13-8-11(9-14)5-6-15-13/h5-6,8,12H,3-4,7,9-10H2,1-2H3. The van der Waals surface area contributed by atoms with Crippen molar-refractivity contribution in [2.75, 3.05) is 32.1 Å². The van der Waals surface area contributed by atoms with Crippen LogP contribution in [0.15, 0.2) is 18.3 Å². The molecular formula is C13H20ClN3. The lowest BCUT2D eigenvalue weighted by Gasteiger charge is -2.28. The number of rotatable bonds is 4. The van der Waals surface area contributed by atoms with Crippen molar-refractivity contribution in [3.8, 4) is 0 Å². The van der Waals surface area contributed by atoms with Gasteiger partial charge in [-0.05, 0) is 44.6 Å². The molecule has 3 nitrogen and oxygen atoms in total. The lowest BCUT2D eigenvalue weighted by molar-refractivity contribution is 0.371. The van der Waals surface area contributed by atoms with E-state index in [0.29, 0.717) is 11.9 Å². The molecule has 0 radical (unpaired) electrons. The fourth-order valence-corrected chi connectivity index (χ4v) is 2.62. The van der Waals surface area contributed by atoms with Crippen molar-refractivity contribution in [1.29, 1.82) is 0 Å². The SMILES string of the molecule is CN(C)CC1CCCN1c1cc(CCl)ccn1. The van der Waals surface area contributed by atoms with E-state index in [9.17, 15) is 0 Å². The van der Waals surface area contributed by atoms with Crippen molar-refractivity contribution >= 4 is 17.4 Å². The summed E-state index contributed by atoms with van der Waals surface area (Å²) in [4.78, 5) is 9.13. The van der Waals surface area contributed by atoms with E-state index < -0.39 is 0 Å². The van der Waals surface area contributed by atoms with E-state index in [4.69, 9.17) is 11.6 Å². The largest absolute Gasteiger partial charge is 0.352 e. The van der Waals surface area contributed by atoms with Crippen LogP contribution in [0.3, 0.4) is 0 Å². The van der Waals surface area contributed by atoms with Gasteiger partial charge in [0.2, 0.25) is 0 Å². The maximum atomic E-state index is 5.87. The minimum atomic E-state index is 0.557. The first kappa shape index (κ1) is 12.7. The van der Waals surface area contributed by atoms with E-state index >= 15 is 0 Å². The Hall–Kier alpha value is -0.800. The minimum Gasteiger partial charge on any atom is -0.352 e. The highest BCUT2D eigenvalue weighted by Crippen LogP contribution is 2.25. The molecule has 0 bridgehead atoms. The molecule has 1 fully saturated rings. The predicted molar refractivity (Wildman–Crippen MR) is 72.7 cm³/mol. The molecular weight excluding hydrogens is 234 g/mol. The van der Waals surface area contributed by atoms with Crippen LogP contribution in [-0.4, -0.2) is 43.1 Å². The molecule has 0 aromatic carbocycles. The quantitative estimate of drug-likeness (QED) is 0.768. The van der Waals surface area contributed by atoms with E-state index in [0.717, 1.165) is 24.5 Å². The Labute approximate surface area is 108 Å². The van der Waals surface area contributed by atoms with Gasteiger partial charge in [-0.2, -0.15) is 0 Å². The fourth-order valence-electron chi connectivity index (χ4n) is 2.45. The van der Waals surface area contributed by atoms with Gasteiger partial charge in [0.25, 0.3) is 0 Å². The highest BCUT2D eigenvalue weighted by Gasteiger charge is 2.25. The number of likely N-dealkylation sites (N-methyl/N-ethyl adjacent to an activating group) is 1. The number of pyridine rings is 1. The lowest BCUT2D eigenvalue weighted by atomic mass is 10.2. The Balaban J connectivity index is 2.14. The molecule has 1 aromatic heterocycles. The van der Waals surface area contributed by atoms with Crippen LogP contribution in [-0.2, 0) is 5.88 Å². The van der Waals surface area contributed by atoms with E-state index in [-0.39, 0.29) is 0 Å². The maximum absolute atomic E-state index is 5.87. The molecule has 1 saturated heterocycles. The normalized spacial score (nSPS) is 20.2. The first-order valence-electron chi connectivity index (χ1n) is 6.13. The molecule has 1 aliphatic heterocycles. The molecule has 4 heteroatoms. The zero-order chi connectivity index (χ0) is 12.3. The van der Waals surface area contributed by atoms with Crippen LogP contribution in [0.1, 0.15) is 18.4 Å². The van der Waals surface area contributed by atoms with Crippen LogP contribution in [0.25, 0.3) is 0 Å². The number of aromatic nitrogens is 1. The summed E-state index contributed by atoms with van der Waals surface area (Å²) >= 11 is 5.87. The van der Waals surface area contributed by atoms with Gasteiger partial charge in [-0.3, -0.25) is 0 Å². The van der Waals surface area contributed by atoms with Crippen molar-refractivity contribution in [3.63, 3.8) is 0 Å². The Morgan fingerprint density at radius 3 is 3.06 bits per heavy atom. The summed E-state index contributed by atoms with van der Waals surface area (Å²) < 4.78 is 0. The molecule has 0 saturated carbocycles. The molecule has 0 spiro atoms. The van der Waals surface area contributed by atoms with Crippen molar-refractivity contribution in [2.45, 2.75) is 24.8 Å². The third-order valence-corrected chi connectivity index (χ3v) is 3.52. The fraction of sp³-hybridized carbons (Fsp3) is 0.615. The van der Waals surface area contributed by atoms with Crippen LogP contribution in [0, 0.1) is 0 Å². The first-order chi connectivity index (χ1) is 8.20. The summed E-state index contributed by atoms with van der Waals surface area (Å²) in [5.41, 5.74) is 1.15. The second-order valence-electron chi connectivity index (χ2n) is 4.91. The second kappa shape index (κ2) is 5.69. The monoisotopic (exact) mass is 253 g/mol. The van der Waals surface area contributed by atoms with Gasteiger partial charge >= 0.3 is 0 Å². The zero-order valence-electron chi connectivity index (χ0n) is 10.6. The molecule has 1 aromatic rings. The van der Waals surface area contributed by atoms with E-state index in [1.54, 1.807) is 0 Å². The average molecular weight is 254 g/mol. The molecule has 94 valence electrons. The molecule has 0 aliphatic carbocycles. The van der Waals surface area contributed by atoms with Crippen molar-refractivity contribution in [1.82, 2.24) is 9.88 Å². The smallest absolute Gasteiger partial charge is 0.129 e. The van der Waals surface area contributed by atoms with Crippen LogP contribution in [0.5, 0.6) is 0 Å². The summed E-state index contributed by atoms with van der Waals surface area (Å²) in [5, 5.41) is 0. The third kappa shape index (κ3) is 3.11. The third-order valence-electron chi connectivity index (χ3n) is 3.21. The maximum Gasteiger partial charge on any atom is 0.129 e. The number of anilines is 1. The summed E-state index contributed by atoms with van der Waals surface area (Å²) in [6, 6.07) is 4.68. The van der Waals surface area contributed by atoms with Gasteiger partial charge in [0.15, 0.2) is 0 Å². The molecule has 1 atom stereocenters. The number of hydrogen-bond donors (Lipinski definition) is 0. The molecule has 2 heterocycles. The highest BCUT2D eigenvalue weighted by atomic mass is 35.5. The molecule has 0 N–H and O–H groups in total. The Kier molecular flexibility index (Phi) is 4.24. The van der Waals surface area contributed by atoms with Gasteiger partial charge in [0.1, 0.15) is 5.82 Å². The molecule has 17 heavy (non-hydrogen) atoms. The summed E-state index contributed by atoms with van der Waals surface area (Å²) in [6.07, 6.45) is 4.37. The Bertz CT molecular complexity index is 367. The van der Waals surface area contributed by atoms with Crippen molar-refractivity contribution < 1.29 is 0 Å². The Morgan fingerprint density at radius 2 is 2.35 bits per heavy atom. The molecule has 1 unspecified atom stereocenters. The lowest BCUT2D eigenvalue weighted by Crippen LogP contribution is -2.38. The van der Waals surface area contributed by atoms with Gasteiger partial charge in [0.05, 0.1) is 0 Å². The summed E-state index contributed by atoms with van der Waals surface area (Å²) in [5.74, 6) is 1.63. The highest BCUT2D eigenvalue weighted by molar-refractivity contribution is 6.17. The van der Waals surface area contributed by atoms with Gasteiger partial charge in [0, 0.05) is 31.2 Å². The molecule has 0 amide bonds. The van der Waals surface area contributed by atoms with Crippen LogP contribution in [0.2, 0.25) is 0 Å². The van der Waals surface area contributed by atoms with Crippen LogP contribution < -0.4 is 4.90 Å². The van der Waals surface area contributed by atoms with Gasteiger partial charge in [-0.15, -0.1) is 11.6 Å². The van der Waals surface area contributed by atoms with Gasteiger partial charge < -0.3 is 9.80 Å². The second-order valence-corrected chi connectivity index (χ2v) is 5.17. The van der Waals surface area contributed by atoms with Gasteiger partial charge in [-0.25, -0.2) is 4.98 Å². The molecule has 1 aliphatic rings. The van der Waals surface area contributed by atoms with E-state index in [1.807, 2.05) is 12.3 Å². The Morgan fingerprint density at radius 1 is 1.53 bits per heavy atom.